The van der Waals surface area contributed by atoms with Crippen molar-refractivity contribution in [3.05, 3.63) is 0 Å². The van der Waals surface area contributed by atoms with Crippen LogP contribution in [-0.4, -0.2) is 30.1 Å². The molecular formula is C14H26N2. The zero-order valence-electron chi connectivity index (χ0n) is 10.5. The second-order valence-electron chi connectivity index (χ2n) is 6.50. The van der Waals surface area contributed by atoms with Crippen LogP contribution in [0.4, 0.5) is 0 Å². The van der Waals surface area contributed by atoms with Gasteiger partial charge in [-0.05, 0) is 57.0 Å². The smallest absolute Gasteiger partial charge is 0.00952 e. The van der Waals surface area contributed by atoms with Gasteiger partial charge >= 0.3 is 0 Å². The van der Waals surface area contributed by atoms with Crippen molar-refractivity contribution < 1.29 is 0 Å². The lowest BCUT2D eigenvalue weighted by atomic mass is 9.60. The van der Waals surface area contributed by atoms with E-state index < -0.39 is 0 Å². The Morgan fingerprint density at radius 1 is 0.938 bits per heavy atom. The first kappa shape index (κ1) is 11.0. The number of nitrogens with two attached hydrogens (primary N) is 1. The highest BCUT2D eigenvalue weighted by atomic mass is 15.2. The molecule has 3 aliphatic rings. The van der Waals surface area contributed by atoms with Gasteiger partial charge in [-0.2, -0.15) is 0 Å². The molecule has 1 spiro atoms. The molecule has 1 heterocycles. The average Bonchev–Trinajstić information content (AvgIpc) is 2.29. The van der Waals surface area contributed by atoms with Crippen molar-refractivity contribution in [1.82, 2.24) is 4.90 Å². The van der Waals surface area contributed by atoms with E-state index in [1.165, 1.54) is 70.9 Å². The van der Waals surface area contributed by atoms with Gasteiger partial charge in [0.05, 0.1) is 0 Å². The van der Waals surface area contributed by atoms with Crippen molar-refractivity contribution >= 4 is 0 Å². The number of nitrogens with zero attached hydrogens (tertiary/aromatic N) is 1. The molecule has 3 rings (SSSR count). The van der Waals surface area contributed by atoms with Crippen LogP contribution in [0.15, 0.2) is 0 Å². The molecule has 0 aromatic rings. The zero-order valence-corrected chi connectivity index (χ0v) is 10.5. The van der Waals surface area contributed by atoms with Gasteiger partial charge in [0.25, 0.3) is 0 Å². The fourth-order valence-corrected chi connectivity index (χ4v) is 4.27. The van der Waals surface area contributed by atoms with Gasteiger partial charge in [-0.1, -0.05) is 19.3 Å². The summed E-state index contributed by atoms with van der Waals surface area (Å²) in [6.07, 6.45) is 12.8. The van der Waals surface area contributed by atoms with E-state index in [-0.39, 0.29) is 0 Å². The Bertz CT molecular complexity index is 229. The predicted molar refractivity (Wildman–Crippen MR) is 67.3 cm³/mol. The minimum Gasteiger partial charge on any atom is -0.328 e. The molecule has 0 radical (unpaired) electrons. The summed E-state index contributed by atoms with van der Waals surface area (Å²) in [7, 11) is 0. The molecule has 0 atom stereocenters. The van der Waals surface area contributed by atoms with Crippen LogP contribution < -0.4 is 5.73 Å². The summed E-state index contributed by atoms with van der Waals surface area (Å²) in [4.78, 5) is 2.79. The van der Waals surface area contributed by atoms with E-state index in [4.69, 9.17) is 5.73 Å². The molecule has 0 aromatic heterocycles. The van der Waals surface area contributed by atoms with E-state index in [2.05, 4.69) is 4.90 Å². The number of rotatable bonds is 1. The molecule has 1 aliphatic heterocycles. The van der Waals surface area contributed by atoms with E-state index in [0.29, 0.717) is 11.5 Å². The highest BCUT2D eigenvalue weighted by Crippen LogP contribution is 2.48. The van der Waals surface area contributed by atoms with Crippen molar-refractivity contribution in [1.29, 1.82) is 0 Å². The van der Waals surface area contributed by atoms with Crippen molar-refractivity contribution in [2.75, 3.05) is 13.1 Å². The lowest BCUT2D eigenvalue weighted by molar-refractivity contribution is -0.00281. The number of likely N-dealkylation sites (tertiary alicyclic amines) is 1. The molecule has 2 heteroatoms. The molecule has 0 unspecified atom stereocenters. The fourth-order valence-electron chi connectivity index (χ4n) is 4.27. The lowest BCUT2D eigenvalue weighted by Crippen LogP contribution is -2.53. The van der Waals surface area contributed by atoms with Crippen LogP contribution in [0.2, 0.25) is 0 Å². The average molecular weight is 222 g/mol. The van der Waals surface area contributed by atoms with Gasteiger partial charge in [-0.15, -0.1) is 0 Å². The second kappa shape index (κ2) is 4.30. The Kier molecular flexibility index (Phi) is 2.97. The first-order valence-electron chi connectivity index (χ1n) is 7.27. The number of hydrogen-bond donors (Lipinski definition) is 1. The van der Waals surface area contributed by atoms with Crippen molar-refractivity contribution in [3.8, 4) is 0 Å². The Balaban J connectivity index is 1.50. The topological polar surface area (TPSA) is 29.3 Å². The Hall–Kier alpha value is -0.0800. The Morgan fingerprint density at radius 2 is 1.56 bits per heavy atom. The van der Waals surface area contributed by atoms with Gasteiger partial charge < -0.3 is 10.6 Å². The van der Waals surface area contributed by atoms with Crippen molar-refractivity contribution in [2.24, 2.45) is 11.1 Å². The molecule has 3 fully saturated rings. The van der Waals surface area contributed by atoms with E-state index >= 15 is 0 Å². The first-order chi connectivity index (χ1) is 7.77. The molecule has 0 amide bonds. The molecule has 0 bridgehead atoms. The lowest BCUT2D eigenvalue weighted by Gasteiger charge is -2.52. The molecule has 0 aromatic carbocycles. The molecule has 2 N–H and O–H groups in total. The third kappa shape index (κ3) is 2.02. The van der Waals surface area contributed by atoms with E-state index in [1.54, 1.807) is 0 Å². The van der Waals surface area contributed by atoms with Crippen LogP contribution in [-0.2, 0) is 0 Å². The van der Waals surface area contributed by atoms with E-state index in [1.807, 2.05) is 0 Å². The summed E-state index contributed by atoms with van der Waals surface area (Å²) in [5.41, 5.74) is 6.63. The number of hydrogen-bond acceptors (Lipinski definition) is 2. The SMILES string of the molecule is NC1CC2(CCN(C3CCCCC3)CC2)C1. The minimum absolute atomic E-state index is 0.529. The molecule has 2 nitrogen and oxygen atoms in total. The van der Waals surface area contributed by atoms with Crippen molar-refractivity contribution in [2.45, 2.75) is 69.9 Å². The molecule has 2 aliphatic carbocycles. The Morgan fingerprint density at radius 3 is 2.12 bits per heavy atom. The largest absolute Gasteiger partial charge is 0.328 e. The van der Waals surface area contributed by atoms with Gasteiger partial charge in [0, 0.05) is 12.1 Å². The third-order valence-corrected chi connectivity index (χ3v) is 5.34. The third-order valence-electron chi connectivity index (χ3n) is 5.34. The maximum atomic E-state index is 5.95. The summed E-state index contributed by atoms with van der Waals surface area (Å²) >= 11 is 0. The summed E-state index contributed by atoms with van der Waals surface area (Å²) in [6.45, 7) is 2.72. The predicted octanol–water partition coefficient (Wildman–Crippen LogP) is 2.52. The standard InChI is InChI=1S/C14H26N2/c15-12-10-14(11-12)6-8-16(9-7-14)13-4-2-1-3-5-13/h12-13H,1-11,15H2. The van der Waals surface area contributed by atoms with Gasteiger partial charge in [-0.25, -0.2) is 0 Å². The molecular weight excluding hydrogens is 196 g/mol. The number of piperidine rings is 1. The van der Waals surface area contributed by atoms with Gasteiger partial charge in [0.2, 0.25) is 0 Å². The first-order valence-corrected chi connectivity index (χ1v) is 7.27. The summed E-state index contributed by atoms with van der Waals surface area (Å²) in [5, 5.41) is 0. The van der Waals surface area contributed by atoms with Gasteiger partial charge in [0.1, 0.15) is 0 Å². The maximum absolute atomic E-state index is 5.95. The van der Waals surface area contributed by atoms with Crippen LogP contribution in [0.25, 0.3) is 0 Å². The minimum atomic E-state index is 0.529. The normalized spacial score (nSPS) is 32.8. The second-order valence-corrected chi connectivity index (χ2v) is 6.50. The highest BCUT2D eigenvalue weighted by Gasteiger charge is 2.44. The van der Waals surface area contributed by atoms with Crippen LogP contribution in [0.1, 0.15) is 57.8 Å². The summed E-state index contributed by atoms with van der Waals surface area (Å²) in [6, 6.07) is 1.46. The van der Waals surface area contributed by atoms with Gasteiger partial charge in [0.15, 0.2) is 0 Å². The highest BCUT2D eigenvalue weighted by molar-refractivity contribution is 4.99. The monoisotopic (exact) mass is 222 g/mol. The van der Waals surface area contributed by atoms with Crippen LogP contribution in [0.5, 0.6) is 0 Å². The maximum Gasteiger partial charge on any atom is 0.00952 e. The zero-order chi connectivity index (χ0) is 11.0. The molecule has 1 saturated heterocycles. The van der Waals surface area contributed by atoms with E-state index in [9.17, 15) is 0 Å². The van der Waals surface area contributed by atoms with Crippen LogP contribution in [0.3, 0.4) is 0 Å². The van der Waals surface area contributed by atoms with Crippen molar-refractivity contribution in [3.63, 3.8) is 0 Å². The molecule has 2 saturated carbocycles. The summed E-state index contributed by atoms with van der Waals surface area (Å²) < 4.78 is 0. The molecule has 16 heavy (non-hydrogen) atoms. The Labute approximate surface area is 99.6 Å². The van der Waals surface area contributed by atoms with Crippen LogP contribution >= 0.6 is 0 Å². The molecule has 92 valence electrons. The quantitative estimate of drug-likeness (QED) is 0.738. The fraction of sp³-hybridized carbons (Fsp3) is 1.00. The van der Waals surface area contributed by atoms with E-state index in [0.717, 1.165) is 6.04 Å². The summed E-state index contributed by atoms with van der Waals surface area (Å²) in [5.74, 6) is 0. The van der Waals surface area contributed by atoms with Crippen LogP contribution in [0, 0.1) is 5.41 Å². The van der Waals surface area contributed by atoms with Gasteiger partial charge in [-0.3, -0.25) is 0 Å².